The van der Waals surface area contributed by atoms with E-state index in [4.69, 9.17) is 4.74 Å². The van der Waals surface area contributed by atoms with Crippen molar-refractivity contribution >= 4 is 17.5 Å². The largest absolute Gasteiger partial charge is 0.439 e. The van der Waals surface area contributed by atoms with Gasteiger partial charge in [0.25, 0.3) is 0 Å². The van der Waals surface area contributed by atoms with Crippen LogP contribution in [0.25, 0.3) is 0 Å². The van der Waals surface area contributed by atoms with Gasteiger partial charge in [0, 0.05) is 25.4 Å². The number of carbonyl (C=O) groups excluding carboxylic acids is 1. The summed E-state index contributed by atoms with van der Waals surface area (Å²) in [6, 6.07) is 16.6. The lowest BCUT2D eigenvalue weighted by Crippen LogP contribution is -2.30. The van der Waals surface area contributed by atoms with Crippen molar-refractivity contribution in [2.45, 2.75) is 13.3 Å². The minimum atomic E-state index is -0.271. The molecule has 3 N–H and O–H groups in total. The molecule has 3 aromatic rings. The Balaban J connectivity index is 1.36. The standard InChI is InChI=1S/C21H23N5O2/c1-16-6-9-18(10-7-16)28-20-11-8-17(15-25-20)26-21(27)24-14-4-13-23-19-5-2-3-12-22-19/h2-3,5-12,15H,4,13-14H2,1H3,(H,22,23)(H2,24,26,27). The minimum absolute atomic E-state index is 0.271. The summed E-state index contributed by atoms with van der Waals surface area (Å²) < 4.78 is 5.67. The highest BCUT2D eigenvalue weighted by Gasteiger charge is 2.03. The van der Waals surface area contributed by atoms with Crippen molar-refractivity contribution in [2.24, 2.45) is 0 Å². The van der Waals surface area contributed by atoms with Gasteiger partial charge in [0.15, 0.2) is 0 Å². The molecule has 3 rings (SSSR count). The molecule has 28 heavy (non-hydrogen) atoms. The zero-order valence-electron chi connectivity index (χ0n) is 15.7. The number of pyridine rings is 2. The van der Waals surface area contributed by atoms with Gasteiger partial charge in [0.1, 0.15) is 11.6 Å². The summed E-state index contributed by atoms with van der Waals surface area (Å²) in [5.41, 5.74) is 1.76. The van der Waals surface area contributed by atoms with E-state index in [1.54, 1.807) is 24.5 Å². The van der Waals surface area contributed by atoms with Gasteiger partial charge in [0.05, 0.1) is 11.9 Å². The van der Waals surface area contributed by atoms with E-state index in [0.29, 0.717) is 18.1 Å². The molecule has 144 valence electrons. The number of rotatable bonds is 8. The molecule has 0 aliphatic carbocycles. The first-order valence-electron chi connectivity index (χ1n) is 9.09. The van der Waals surface area contributed by atoms with Gasteiger partial charge >= 0.3 is 6.03 Å². The molecule has 2 amide bonds. The van der Waals surface area contributed by atoms with Gasteiger partial charge in [-0.15, -0.1) is 0 Å². The zero-order valence-corrected chi connectivity index (χ0v) is 15.7. The Bertz CT molecular complexity index is 868. The summed E-state index contributed by atoms with van der Waals surface area (Å²) in [6.45, 7) is 3.29. The van der Waals surface area contributed by atoms with Crippen LogP contribution in [0.4, 0.5) is 16.3 Å². The van der Waals surface area contributed by atoms with Crippen LogP contribution < -0.4 is 20.7 Å². The third-order valence-electron chi connectivity index (χ3n) is 3.85. The first kappa shape index (κ1) is 19.2. The molecule has 0 saturated carbocycles. The van der Waals surface area contributed by atoms with Crippen LogP contribution in [-0.2, 0) is 0 Å². The first-order chi connectivity index (χ1) is 13.7. The minimum Gasteiger partial charge on any atom is -0.439 e. The number of ether oxygens (including phenoxy) is 1. The number of aryl methyl sites for hydroxylation is 1. The fourth-order valence-corrected chi connectivity index (χ4v) is 2.39. The predicted molar refractivity (Wildman–Crippen MR) is 110 cm³/mol. The van der Waals surface area contributed by atoms with Crippen molar-refractivity contribution in [1.29, 1.82) is 0 Å². The number of nitrogens with one attached hydrogen (secondary N) is 3. The maximum Gasteiger partial charge on any atom is 0.319 e. The molecule has 0 bridgehead atoms. The lowest BCUT2D eigenvalue weighted by molar-refractivity contribution is 0.252. The topological polar surface area (TPSA) is 88.2 Å². The van der Waals surface area contributed by atoms with Crippen LogP contribution in [-0.4, -0.2) is 29.1 Å². The second-order valence-electron chi connectivity index (χ2n) is 6.18. The molecule has 0 fully saturated rings. The Hall–Kier alpha value is -3.61. The molecule has 0 radical (unpaired) electrons. The molecule has 2 aromatic heterocycles. The summed E-state index contributed by atoms with van der Waals surface area (Å²) in [4.78, 5) is 20.3. The van der Waals surface area contributed by atoms with Gasteiger partial charge in [-0.25, -0.2) is 14.8 Å². The van der Waals surface area contributed by atoms with Crippen molar-refractivity contribution in [1.82, 2.24) is 15.3 Å². The molecule has 1 aromatic carbocycles. The molecule has 0 atom stereocenters. The average Bonchev–Trinajstić information content (AvgIpc) is 2.72. The highest BCUT2D eigenvalue weighted by Crippen LogP contribution is 2.20. The lowest BCUT2D eigenvalue weighted by atomic mass is 10.2. The van der Waals surface area contributed by atoms with Crippen LogP contribution in [0.2, 0.25) is 0 Å². The molecular weight excluding hydrogens is 354 g/mol. The number of benzene rings is 1. The maximum absolute atomic E-state index is 11.9. The Kier molecular flexibility index (Phi) is 6.78. The molecule has 0 aliphatic heterocycles. The monoisotopic (exact) mass is 377 g/mol. The van der Waals surface area contributed by atoms with E-state index in [2.05, 4.69) is 25.9 Å². The Labute approximate surface area is 164 Å². The van der Waals surface area contributed by atoms with Gasteiger partial charge in [-0.2, -0.15) is 0 Å². The van der Waals surface area contributed by atoms with E-state index in [-0.39, 0.29) is 6.03 Å². The molecule has 0 aliphatic rings. The fraction of sp³-hybridized carbons (Fsp3) is 0.190. The number of nitrogens with zero attached hydrogens (tertiary/aromatic N) is 2. The van der Waals surface area contributed by atoms with E-state index in [0.717, 1.165) is 24.5 Å². The van der Waals surface area contributed by atoms with Crippen LogP contribution >= 0.6 is 0 Å². The zero-order chi connectivity index (χ0) is 19.6. The lowest BCUT2D eigenvalue weighted by Gasteiger charge is -2.09. The fourth-order valence-electron chi connectivity index (χ4n) is 2.39. The molecule has 7 heteroatoms. The normalized spacial score (nSPS) is 10.2. The number of amides is 2. The number of carbonyl (C=O) groups is 1. The third-order valence-corrected chi connectivity index (χ3v) is 3.85. The van der Waals surface area contributed by atoms with Crippen LogP contribution in [0.1, 0.15) is 12.0 Å². The highest BCUT2D eigenvalue weighted by atomic mass is 16.5. The van der Waals surface area contributed by atoms with Crippen molar-refractivity contribution in [2.75, 3.05) is 23.7 Å². The maximum atomic E-state index is 11.9. The number of aromatic nitrogens is 2. The van der Waals surface area contributed by atoms with Gasteiger partial charge in [0.2, 0.25) is 5.88 Å². The molecule has 2 heterocycles. The highest BCUT2D eigenvalue weighted by molar-refractivity contribution is 5.88. The second-order valence-corrected chi connectivity index (χ2v) is 6.18. The van der Waals surface area contributed by atoms with E-state index in [1.807, 2.05) is 49.4 Å². The Morgan fingerprint density at radius 1 is 1.00 bits per heavy atom. The Morgan fingerprint density at radius 3 is 2.57 bits per heavy atom. The number of hydrogen-bond acceptors (Lipinski definition) is 5. The Morgan fingerprint density at radius 2 is 1.86 bits per heavy atom. The molecule has 0 saturated heterocycles. The summed E-state index contributed by atoms with van der Waals surface area (Å²) in [7, 11) is 0. The van der Waals surface area contributed by atoms with Crippen molar-refractivity contribution in [3.05, 3.63) is 72.6 Å². The van der Waals surface area contributed by atoms with Gasteiger partial charge < -0.3 is 20.7 Å². The SMILES string of the molecule is Cc1ccc(Oc2ccc(NC(=O)NCCCNc3ccccn3)cn2)cc1. The molecule has 7 nitrogen and oxygen atoms in total. The van der Waals surface area contributed by atoms with Gasteiger partial charge in [-0.1, -0.05) is 23.8 Å². The average molecular weight is 377 g/mol. The summed E-state index contributed by atoms with van der Waals surface area (Å²) in [6.07, 6.45) is 4.08. The summed E-state index contributed by atoms with van der Waals surface area (Å²) in [5, 5.41) is 8.75. The molecule has 0 spiro atoms. The van der Waals surface area contributed by atoms with Crippen molar-refractivity contribution < 1.29 is 9.53 Å². The van der Waals surface area contributed by atoms with Crippen molar-refractivity contribution in [3.63, 3.8) is 0 Å². The van der Waals surface area contributed by atoms with Crippen LogP contribution in [0.15, 0.2) is 67.0 Å². The van der Waals surface area contributed by atoms with E-state index < -0.39 is 0 Å². The predicted octanol–water partition coefficient (Wildman–Crippen LogP) is 4.20. The smallest absolute Gasteiger partial charge is 0.319 e. The van der Waals surface area contributed by atoms with E-state index in [9.17, 15) is 4.79 Å². The number of hydrogen-bond donors (Lipinski definition) is 3. The molecular formula is C21H23N5O2. The summed E-state index contributed by atoms with van der Waals surface area (Å²) >= 11 is 0. The molecule has 0 unspecified atom stereocenters. The quantitative estimate of drug-likeness (QED) is 0.512. The van der Waals surface area contributed by atoms with Crippen LogP contribution in [0.3, 0.4) is 0 Å². The van der Waals surface area contributed by atoms with E-state index in [1.165, 1.54) is 5.56 Å². The van der Waals surface area contributed by atoms with Crippen LogP contribution in [0.5, 0.6) is 11.6 Å². The number of anilines is 2. The van der Waals surface area contributed by atoms with Crippen LogP contribution in [0, 0.1) is 6.92 Å². The second kappa shape index (κ2) is 9.91. The summed E-state index contributed by atoms with van der Waals surface area (Å²) in [5.74, 6) is 2.01. The van der Waals surface area contributed by atoms with E-state index >= 15 is 0 Å². The number of urea groups is 1. The van der Waals surface area contributed by atoms with Crippen molar-refractivity contribution in [3.8, 4) is 11.6 Å². The first-order valence-corrected chi connectivity index (χ1v) is 9.09. The van der Waals surface area contributed by atoms with Gasteiger partial charge in [-0.3, -0.25) is 0 Å². The third kappa shape index (κ3) is 6.28. The van der Waals surface area contributed by atoms with Gasteiger partial charge in [-0.05, 0) is 43.7 Å².